The first-order valence-electron chi connectivity index (χ1n) is 5.88. The van der Waals surface area contributed by atoms with Gasteiger partial charge in [0, 0.05) is 25.0 Å². The molecule has 0 spiro atoms. The van der Waals surface area contributed by atoms with Gasteiger partial charge in [-0.2, -0.15) is 9.67 Å². The van der Waals surface area contributed by atoms with Crippen LogP contribution in [0.2, 0.25) is 0 Å². The highest BCUT2D eigenvalue weighted by molar-refractivity contribution is 5.36. The molecule has 2 aromatic rings. The highest BCUT2D eigenvalue weighted by atomic mass is 16.5. The fourth-order valence-electron chi connectivity index (χ4n) is 1.61. The number of rotatable bonds is 5. The minimum absolute atomic E-state index is 0.241. The summed E-state index contributed by atoms with van der Waals surface area (Å²) in [7, 11) is 1.63. The first-order chi connectivity index (χ1) is 9.10. The van der Waals surface area contributed by atoms with Gasteiger partial charge >= 0.3 is 0 Å². The van der Waals surface area contributed by atoms with Gasteiger partial charge in [-0.1, -0.05) is 0 Å². The zero-order valence-corrected chi connectivity index (χ0v) is 11.2. The number of aryl methyl sites for hydroxylation is 2. The molecule has 8 heteroatoms. The summed E-state index contributed by atoms with van der Waals surface area (Å²) in [5.41, 5.74) is 7.52. The van der Waals surface area contributed by atoms with E-state index in [0.717, 1.165) is 11.4 Å². The summed E-state index contributed by atoms with van der Waals surface area (Å²) in [4.78, 5) is 12.7. The molecule has 0 fully saturated rings. The number of hydrogen-bond acceptors (Lipinski definition) is 7. The fourth-order valence-corrected chi connectivity index (χ4v) is 1.61. The van der Waals surface area contributed by atoms with Crippen LogP contribution in [0.25, 0.3) is 5.95 Å². The monoisotopic (exact) mass is 263 g/mol. The van der Waals surface area contributed by atoms with E-state index in [0.29, 0.717) is 25.0 Å². The molecule has 0 amide bonds. The summed E-state index contributed by atoms with van der Waals surface area (Å²) in [6.07, 6.45) is 0. The summed E-state index contributed by atoms with van der Waals surface area (Å²) in [6.45, 7) is 4.95. The third-order valence-electron chi connectivity index (χ3n) is 2.38. The Balaban J connectivity index is 2.24. The molecule has 3 N–H and O–H groups in total. The van der Waals surface area contributed by atoms with Crippen LogP contribution in [-0.2, 0) is 4.74 Å². The van der Waals surface area contributed by atoms with Gasteiger partial charge < -0.3 is 15.8 Å². The van der Waals surface area contributed by atoms with E-state index in [1.54, 1.807) is 7.11 Å². The second-order valence-corrected chi connectivity index (χ2v) is 4.08. The summed E-state index contributed by atoms with van der Waals surface area (Å²) in [6, 6.07) is 1.88. The Morgan fingerprint density at radius 1 is 1.26 bits per heavy atom. The zero-order valence-electron chi connectivity index (χ0n) is 11.2. The van der Waals surface area contributed by atoms with Crippen molar-refractivity contribution in [1.82, 2.24) is 24.7 Å². The lowest BCUT2D eigenvalue weighted by molar-refractivity contribution is 0.210. The molecule has 0 aliphatic heterocycles. The average molecular weight is 263 g/mol. The molecule has 0 aliphatic rings. The molecule has 8 nitrogen and oxygen atoms in total. The number of nitrogens with one attached hydrogen (secondary N) is 1. The van der Waals surface area contributed by atoms with Gasteiger partial charge in [0.15, 0.2) is 0 Å². The quantitative estimate of drug-likeness (QED) is 0.748. The Morgan fingerprint density at radius 3 is 2.58 bits per heavy atom. The third kappa shape index (κ3) is 3.16. The van der Waals surface area contributed by atoms with Gasteiger partial charge in [0.25, 0.3) is 5.95 Å². The highest BCUT2D eigenvalue weighted by Crippen LogP contribution is 2.11. The van der Waals surface area contributed by atoms with Crippen molar-refractivity contribution in [3.63, 3.8) is 0 Å². The van der Waals surface area contributed by atoms with E-state index < -0.39 is 0 Å². The smallest absolute Gasteiger partial charge is 0.254 e. The Bertz CT molecular complexity index is 546. The molecule has 0 aliphatic carbocycles. The number of nitrogen functional groups attached to an aromatic ring is 1. The van der Waals surface area contributed by atoms with Crippen molar-refractivity contribution in [1.29, 1.82) is 0 Å². The van der Waals surface area contributed by atoms with Gasteiger partial charge in [-0.05, 0) is 19.9 Å². The van der Waals surface area contributed by atoms with Crippen LogP contribution in [0.4, 0.5) is 11.9 Å². The third-order valence-corrected chi connectivity index (χ3v) is 2.38. The van der Waals surface area contributed by atoms with Crippen molar-refractivity contribution >= 4 is 11.9 Å². The van der Waals surface area contributed by atoms with E-state index in [2.05, 4.69) is 25.4 Å². The second kappa shape index (κ2) is 5.61. The minimum atomic E-state index is 0.241. The topological polar surface area (TPSA) is 104 Å². The molecule has 0 saturated carbocycles. The molecular weight excluding hydrogens is 246 g/mol. The van der Waals surface area contributed by atoms with Crippen molar-refractivity contribution in [3.8, 4) is 5.95 Å². The summed E-state index contributed by atoms with van der Waals surface area (Å²) in [5, 5.41) is 7.23. The molecular formula is C11H17N7O. The van der Waals surface area contributed by atoms with Crippen LogP contribution in [0.5, 0.6) is 0 Å². The predicted octanol–water partition coefficient (Wildman–Crippen LogP) is 0.315. The Morgan fingerprint density at radius 2 is 1.95 bits per heavy atom. The molecule has 0 atom stereocenters. The summed E-state index contributed by atoms with van der Waals surface area (Å²) < 4.78 is 6.35. The largest absolute Gasteiger partial charge is 0.383 e. The van der Waals surface area contributed by atoms with Crippen molar-refractivity contribution < 1.29 is 4.74 Å². The van der Waals surface area contributed by atoms with Crippen molar-refractivity contribution in [2.75, 3.05) is 31.3 Å². The Kier molecular flexibility index (Phi) is 3.91. The summed E-state index contributed by atoms with van der Waals surface area (Å²) in [5.74, 6) is 1.09. The lowest BCUT2D eigenvalue weighted by Gasteiger charge is -2.03. The maximum atomic E-state index is 5.82. The average Bonchev–Trinajstić information content (AvgIpc) is 2.70. The fraction of sp³-hybridized carbons (Fsp3) is 0.455. The van der Waals surface area contributed by atoms with E-state index in [9.17, 15) is 0 Å². The van der Waals surface area contributed by atoms with Crippen LogP contribution in [0.3, 0.4) is 0 Å². The van der Waals surface area contributed by atoms with Crippen LogP contribution in [0, 0.1) is 13.8 Å². The molecule has 19 heavy (non-hydrogen) atoms. The van der Waals surface area contributed by atoms with E-state index in [1.165, 1.54) is 4.68 Å². The van der Waals surface area contributed by atoms with Crippen LogP contribution in [0.15, 0.2) is 6.07 Å². The standard InChI is InChI=1S/C11H17N7O/c1-7-6-8(2)15-11(14-7)18-9(12)16-10(17-18)13-4-5-19-3/h6H,4-5H2,1-3H3,(H3,12,13,16,17). The first kappa shape index (κ1) is 13.2. The molecule has 0 bridgehead atoms. The van der Waals surface area contributed by atoms with E-state index in [1.807, 2.05) is 19.9 Å². The van der Waals surface area contributed by atoms with Gasteiger partial charge in [0.05, 0.1) is 6.61 Å². The number of hydrogen-bond donors (Lipinski definition) is 2. The van der Waals surface area contributed by atoms with Crippen molar-refractivity contribution in [2.24, 2.45) is 0 Å². The molecule has 0 unspecified atom stereocenters. The number of nitrogens with two attached hydrogens (primary N) is 1. The molecule has 2 rings (SSSR count). The zero-order chi connectivity index (χ0) is 13.8. The van der Waals surface area contributed by atoms with E-state index in [-0.39, 0.29) is 5.95 Å². The van der Waals surface area contributed by atoms with Crippen molar-refractivity contribution in [2.45, 2.75) is 13.8 Å². The van der Waals surface area contributed by atoms with Crippen LogP contribution >= 0.6 is 0 Å². The van der Waals surface area contributed by atoms with E-state index in [4.69, 9.17) is 10.5 Å². The van der Waals surface area contributed by atoms with Gasteiger partial charge in [-0.3, -0.25) is 0 Å². The first-order valence-corrected chi connectivity index (χ1v) is 5.88. The number of nitrogens with zero attached hydrogens (tertiary/aromatic N) is 5. The number of anilines is 2. The maximum Gasteiger partial charge on any atom is 0.254 e. The molecule has 0 saturated heterocycles. The molecule has 2 aromatic heterocycles. The van der Waals surface area contributed by atoms with Crippen LogP contribution in [0.1, 0.15) is 11.4 Å². The molecule has 2 heterocycles. The summed E-state index contributed by atoms with van der Waals surface area (Å²) >= 11 is 0. The van der Waals surface area contributed by atoms with Crippen LogP contribution < -0.4 is 11.1 Å². The van der Waals surface area contributed by atoms with Crippen molar-refractivity contribution in [3.05, 3.63) is 17.5 Å². The maximum absolute atomic E-state index is 5.82. The highest BCUT2D eigenvalue weighted by Gasteiger charge is 2.11. The van der Waals surface area contributed by atoms with Gasteiger partial charge in [-0.25, -0.2) is 9.97 Å². The van der Waals surface area contributed by atoms with Crippen LogP contribution in [-0.4, -0.2) is 45.0 Å². The van der Waals surface area contributed by atoms with E-state index >= 15 is 0 Å². The lowest BCUT2D eigenvalue weighted by atomic mass is 10.4. The molecule has 0 aromatic carbocycles. The predicted molar refractivity (Wildman–Crippen MR) is 71.2 cm³/mol. The van der Waals surface area contributed by atoms with Gasteiger partial charge in [0.1, 0.15) is 0 Å². The minimum Gasteiger partial charge on any atom is -0.383 e. The number of ether oxygens (including phenoxy) is 1. The number of aromatic nitrogens is 5. The SMILES string of the molecule is COCCNc1nc(N)n(-c2nc(C)cc(C)n2)n1. The molecule has 0 radical (unpaired) electrons. The Labute approximate surface area is 111 Å². The molecule has 102 valence electrons. The second-order valence-electron chi connectivity index (χ2n) is 4.08. The normalized spacial score (nSPS) is 10.7. The lowest BCUT2D eigenvalue weighted by Crippen LogP contribution is -2.10. The Hall–Kier alpha value is -2.22. The van der Waals surface area contributed by atoms with Gasteiger partial charge in [-0.15, -0.1) is 5.10 Å². The number of methoxy groups -OCH3 is 1. The van der Waals surface area contributed by atoms with Gasteiger partial charge in [0.2, 0.25) is 11.9 Å².